The topological polar surface area (TPSA) is 166 Å². The van der Waals surface area contributed by atoms with Gasteiger partial charge in [-0.15, -0.1) is 20.4 Å². The van der Waals surface area contributed by atoms with Gasteiger partial charge in [0.05, 0.1) is 52.9 Å². The molecule has 0 aliphatic carbocycles. The van der Waals surface area contributed by atoms with Gasteiger partial charge < -0.3 is 24.3 Å². The summed E-state index contributed by atoms with van der Waals surface area (Å²) in [5.74, 6) is 0.888. The number of hydrogen-bond donors (Lipinski definition) is 1. The normalized spacial score (nSPS) is 10.6. The van der Waals surface area contributed by atoms with Gasteiger partial charge >= 0.3 is 0 Å². The van der Waals surface area contributed by atoms with Crippen molar-refractivity contribution in [3.05, 3.63) is 46.1 Å². The lowest BCUT2D eigenvalue weighted by atomic mass is 10.1. The summed E-state index contributed by atoms with van der Waals surface area (Å²) in [5.41, 5.74) is 9.89. The SMILES string of the molecule is Cc1nnc(-c2ccc(CNC(=O)CCOCCOCCOCCOCCN=[N+]=[N-])cc2)nn1. The number of aryl methyl sites for hydroxylation is 1. The third-order valence-corrected chi connectivity index (χ3v) is 4.27. The van der Waals surface area contributed by atoms with Gasteiger partial charge in [0.15, 0.2) is 5.82 Å². The molecule has 0 unspecified atom stereocenters. The van der Waals surface area contributed by atoms with Crippen molar-refractivity contribution in [1.82, 2.24) is 25.7 Å². The summed E-state index contributed by atoms with van der Waals surface area (Å²) in [7, 11) is 0. The second-order valence-electron chi connectivity index (χ2n) is 6.90. The van der Waals surface area contributed by atoms with Crippen molar-refractivity contribution in [2.75, 3.05) is 59.4 Å². The monoisotopic (exact) mass is 474 g/mol. The number of rotatable bonds is 18. The third kappa shape index (κ3) is 12.1. The number of nitrogens with zero attached hydrogens (tertiary/aromatic N) is 7. The second-order valence-corrected chi connectivity index (χ2v) is 6.90. The van der Waals surface area contributed by atoms with Crippen LogP contribution in [-0.4, -0.2) is 85.7 Å². The van der Waals surface area contributed by atoms with Crippen molar-refractivity contribution < 1.29 is 23.7 Å². The van der Waals surface area contributed by atoms with Gasteiger partial charge in [0.1, 0.15) is 0 Å². The highest BCUT2D eigenvalue weighted by molar-refractivity contribution is 5.75. The van der Waals surface area contributed by atoms with E-state index in [2.05, 4.69) is 35.7 Å². The molecule has 34 heavy (non-hydrogen) atoms. The predicted octanol–water partition coefficient (Wildman–Crippen LogP) is 1.63. The fourth-order valence-corrected chi connectivity index (χ4v) is 2.53. The molecule has 0 aliphatic rings. The molecule has 1 aromatic carbocycles. The number of carbonyl (C=O) groups is 1. The van der Waals surface area contributed by atoms with Gasteiger partial charge in [-0.2, -0.15) is 0 Å². The van der Waals surface area contributed by atoms with Crippen molar-refractivity contribution in [3.8, 4) is 11.4 Å². The molecule has 0 aliphatic heterocycles. The molecule has 0 saturated heterocycles. The molecule has 0 saturated carbocycles. The minimum atomic E-state index is -0.0877. The molecular weight excluding hydrogens is 444 g/mol. The summed E-state index contributed by atoms with van der Waals surface area (Å²) in [5, 5.41) is 22.0. The number of nitrogens with one attached hydrogen (secondary N) is 1. The van der Waals surface area contributed by atoms with Gasteiger partial charge in [-0.3, -0.25) is 4.79 Å². The maximum Gasteiger partial charge on any atom is 0.222 e. The first-order chi connectivity index (χ1) is 16.7. The van der Waals surface area contributed by atoms with E-state index in [4.69, 9.17) is 24.5 Å². The van der Waals surface area contributed by atoms with E-state index in [0.717, 1.165) is 11.1 Å². The van der Waals surface area contributed by atoms with Crippen LogP contribution in [0.2, 0.25) is 0 Å². The molecule has 0 fully saturated rings. The van der Waals surface area contributed by atoms with Gasteiger partial charge in [0.2, 0.25) is 11.7 Å². The maximum absolute atomic E-state index is 12.0. The van der Waals surface area contributed by atoms with E-state index in [-0.39, 0.29) is 12.3 Å². The standard InChI is InChI=1S/C21H30N8O5/c1-17-25-27-21(28-26-17)19-4-2-18(3-5-19)16-23-20(30)6-8-31-10-12-33-14-15-34-13-11-32-9-7-24-29-22/h2-5H,6-16H2,1H3,(H,23,30). The van der Waals surface area contributed by atoms with E-state index in [1.165, 1.54) is 0 Å². The number of aromatic nitrogens is 4. The zero-order chi connectivity index (χ0) is 24.3. The number of carbonyl (C=O) groups excluding carboxylic acids is 1. The lowest BCUT2D eigenvalue weighted by molar-refractivity contribution is -0.122. The Balaban J connectivity index is 1.42. The summed E-state index contributed by atoms with van der Waals surface area (Å²) in [6.07, 6.45) is 0.273. The van der Waals surface area contributed by atoms with Crippen LogP contribution < -0.4 is 5.32 Å². The average molecular weight is 475 g/mol. The van der Waals surface area contributed by atoms with Crippen LogP contribution in [0.5, 0.6) is 0 Å². The van der Waals surface area contributed by atoms with Crippen LogP contribution in [0.4, 0.5) is 0 Å². The molecule has 0 atom stereocenters. The molecule has 0 bridgehead atoms. The Kier molecular flexibility index (Phi) is 13.7. The van der Waals surface area contributed by atoms with E-state index >= 15 is 0 Å². The molecular formula is C21H30N8O5. The zero-order valence-electron chi connectivity index (χ0n) is 19.3. The van der Waals surface area contributed by atoms with E-state index in [1.807, 2.05) is 24.3 Å². The molecule has 184 valence electrons. The van der Waals surface area contributed by atoms with Gasteiger partial charge in [0.25, 0.3) is 0 Å². The molecule has 2 rings (SSSR count). The van der Waals surface area contributed by atoms with Gasteiger partial charge in [-0.25, -0.2) is 0 Å². The summed E-state index contributed by atoms with van der Waals surface area (Å²) in [6, 6.07) is 7.53. The lowest BCUT2D eigenvalue weighted by Crippen LogP contribution is -2.24. The molecule has 2 aromatic rings. The molecule has 13 nitrogen and oxygen atoms in total. The third-order valence-electron chi connectivity index (χ3n) is 4.27. The van der Waals surface area contributed by atoms with Crippen molar-refractivity contribution >= 4 is 5.91 Å². The van der Waals surface area contributed by atoms with Crippen molar-refractivity contribution in [2.45, 2.75) is 19.9 Å². The summed E-state index contributed by atoms with van der Waals surface area (Å²) in [4.78, 5) is 14.6. The fraction of sp³-hybridized carbons (Fsp3) is 0.571. The van der Waals surface area contributed by atoms with Gasteiger partial charge in [-0.05, 0) is 18.0 Å². The Morgan fingerprint density at radius 2 is 1.44 bits per heavy atom. The number of hydrogen-bond acceptors (Lipinski definition) is 10. The number of benzene rings is 1. The van der Waals surface area contributed by atoms with Crippen molar-refractivity contribution in [1.29, 1.82) is 0 Å². The second kappa shape index (κ2) is 17.3. The average Bonchev–Trinajstić information content (AvgIpc) is 2.86. The Morgan fingerprint density at radius 3 is 2.03 bits per heavy atom. The Bertz CT molecular complexity index is 876. The lowest BCUT2D eigenvalue weighted by Gasteiger charge is -2.08. The van der Waals surface area contributed by atoms with Crippen LogP contribution in [0.1, 0.15) is 17.8 Å². The summed E-state index contributed by atoms with van der Waals surface area (Å²) >= 11 is 0. The highest BCUT2D eigenvalue weighted by atomic mass is 16.6. The molecule has 1 aromatic heterocycles. The van der Waals surface area contributed by atoms with E-state index in [9.17, 15) is 4.79 Å². The summed E-state index contributed by atoms with van der Waals surface area (Å²) < 4.78 is 21.3. The largest absolute Gasteiger partial charge is 0.379 e. The van der Waals surface area contributed by atoms with Crippen molar-refractivity contribution in [3.63, 3.8) is 0 Å². The molecule has 13 heteroatoms. The van der Waals surface area contributed by atoms with E-state index in [0.29, 0.717) is 77.6 Å². The summed E-state index contributed by atoms with van der Waals surface area (Å²) in [6.45, 7) is 5.79. The Morgan fingerprint density at radius 1 is 0.882 bits per heavy atom. The number of amides is 1. The van der Waals surface area contributed by atoms with Crippen LogP contribution >= 0.6 is 0 Å². The van der Waals surface area contributed by atoms with E-state index in [1.54, 1.807) is 6.92 Å². The van der Waals surface area contributed by atoms with Crippen LogP contribution in [-0.2, 0) is 30.3 Å². The Hall–Kier alpha value is -3.22. The highest BCUT2D eigenvalue weighted by Gasteiger charge is 2.05. The molecule has 1 N–H and O–H groups in total. The van der Waals surface area contributed by atoms with Crippen molar-refractivity contribution in [2.24, 2.45) is 5.11 Å². The van der Waals surface area contributed by atoms with Crippen LogP contribution in [0, 0.1) is 6.92 Å². The minimum Gasteiger partial charge on any atom is -0.379 e. The Labute approximate surface area is 197 Å². The fourth-order valence-electron chi connectivity index (χ4n) is 2.53. The van der Waals surface area contributed by atoms with Crippen LogP contribution in [0.15, 0.2) is 29.4 Å². The molecule has 0 spiro atoms. The molecule has 1 amide bonds. The van der Waals surface area contributed by atoms with Gasteiger partial charge in [-0.1, -0.05) is 29.4 Å². The highest BCUT2D eigenvalue weighted by Crippen LogP contribution is 2.13. The number of azide groups is 1. The van der Waals surface area contributed by atoms with Crippen LogP contribution in [0.3, 0.4) is 0 Å². The smallest absolute Gasteiger partial charge is 0.222 e. The first kappa shape index (κ1) is 27.0. The first-order valence-electron chi connectivity index (χ1n) is 10.9. The zero-order valence-corrected chi connectivity index (χ0v) is 19.3. The maximum atomic E-state index is 12.0. The predicted molar refractivity (Wildman–Crippen MR) is 122 cm³/mol. The first-order valence-corrected chi connectivity index (χ1v) is 10.9. The molecule has 0 radical (unpaired) electrons. The quantitative estimate of drug-likeness (QED) is 0.146. The minimum absolute atomic E-state index is 0.0877. The number of ether oxygens (including phenoxy) is 4. The van der Waals surface area contributed by atoms with E-state index < -0.39 is 0 Å². The molecule has 1 heterocycles. The van der Waals surface area contributed by atoms with Gasteiger partial charge in [0, 0.05) is 30.0 Å². The van der Waals surface area contributed by atoms with Crippen LogP contribution in [0.25, 0.3) is 21.8 Å².